The molecule has 2 aromatic carbocycles. The van der Waals surface area contributed by atoms with E-state index in [1.54, 1.807) is 22.8 Å². The quantitative estimate of drug-likeness (QED) is 0.428. The molecule has 2 aliphatic rings. The second kappa shape index (κ2) is 8.35. The van der Waals surface area contributed by atoms with E-state index in [1.807, 2.05) is 49.4 Å². The summed E-state index contributed by atoms with van der Waals surface area (Å²) in [6.45, 7) is 8.69. The van der Waals surface area contributed by atoms with Gasteiger partial charge in [-0.3, -0.25) is 15.0 Å². The van der Waals surface area contributed by atoms with Crippen LogP contribution < -0.4 is 5.43 Å². The van der Waals surface area contributed by atoms with Gasteiger partial charge in [0, 0.05) is 21.5 Å². The van der Waals surface area contributed by atoms with Crippen molar-refractivity contribution in [3.05, 3.63) is 59.2 Å². The molecule has 1 saturated heterocycles. The molecule has 5 nitrogen and oxygen atoms in total. The minimum atomic E-state index is -0.435. The van der Waals surface area contributed by atoms with E-state index in [4.69, 9.17) is 11.6 Å². The van der Waals surface area contributed by atoms with Crippen molar-refractivity contribution < 1.29 is 9.59 Å². The summed E-state index contributed by atoms with van der Waals surface area (Å²) in [6.07, 6.45) is 2.82. The Morgan fingerprint density at radius 2 is 1.88 bits per heavy atom. The molecule has 1 spiro atoms. The summed E-state index contributed by atoms with van der Waals surface area (Å²) in [6, 6.07) is 15.4. The van der Waals surface area contributed by atoms with Crippen LogP contribution in [-0.2, 0) is 4.79 Å². The second-order valence-corrected chi connectivity index (χ2v) is 12.7. The van der Waals surface area contributed by atoms with E-state index < -0.39 is 4.87 Å². The number of aromatic amines is 1. The van der Waals surface area contributed by atoms with Gasteiger partial charge in [-0.1, -0.05) is 62.7 Å². The van der Waals surface area contributed by atoms with Crippen molar-refractivity contribution in [1.29, 1.82) is 0 Å². The largest absolute Gasteiger partial charge is 0.350 e. The summed E-state index contributed by atoms with van der Waals surface area (Å²) in [5.74, 6) is 0.108. The van der Waals surface area contributed by atoms with Crippen LogP contribution in [0.4, 0.5) is 0 Å². The van der Waals surface area contributed by atoms with Gasteiger partial charge in [0.05, 0.1) is 5.25 Å². The molecule has 1 aliphatic carbocycles. The van der Waals surface area contributed by atoms with Crippen molar-refractivity contribution in [3.63, 3.8) is 0 Å². The first-order valence-electron chi connectivity index (χ1n) is 11.8. The highest BCUT2D eigenvalue weighted by molar-refractivity contribution is 8.02. The van der Waals surface area contributed by atoms with Crippen LogP contribution in [-0.4, -0.2) is 31.9 Å². The maximum atomic E-state index is 13.8. The van der Waals surface area contributed by atoms with Crippen LogP contribution in [0.2, 0.25) is 5.02 Å². The summed E-state index contributed by atoms with van der Waals surface area (Å²) < 4.78 is 0. The lowest BCUT2D eigenvalue weighted by Gasteiger charge is -2.48. The van der Waals surface area contributed by atoms with E-state index in [2.05, 4.69) is 31.2 Å². The molecular formula is C27H30ClN3O2S. The smallest absolute Gasteiger partial charge is 0.286 e. The van der Waals surface area contributed by atoms with Gasteiger partial charge in [0.25, 0.3) is 11.8 Å². The number of halogens is 1. The molecule has 0 bridgehead atoms. The molecular weight excluding hydrogens is 466 g/mol. The normalized spacial score (nSPS) is 26.4. The monoisotopic (exact) mass is 495 g/mol. The van der Waals surface area contributed by atoms with Crippen LogP contribution in [0, 0.1) is 11.3 Å². The molecule has 5 rings (SSSR count). The number of carbonyl (C=O) groups excluding carboxylic acids is 2. The topological polar surface area (TPSA) is 65.2 Å². The van der Waals surface area contributed by atoms with Crippen LogP contribution in [0.15, 0.2) is 48.5 Å². The number of fused-ring (bicyclic) bond motifs is 1. The predicted octanol–water partition coefficient (Wildman–Crippen LogP) is 6.64. The number of hydrazine groups is 1. The second-order valence-electron chi connectivity index (χ2n) is 10.6. The highest BCUT2D eigenvalue weighted by Crippen LogP contribution is 2.55. The molecule has 1 saturated carbocycles. The molecule has 2 fully saturated rings. The average molecular weight is 496 g/mol. The third kappa shape index (κ3) is 4.01. The molecule has 3 aromatic rings. The number of H-pyrrole nitrogens is 1. The third-order valence-corrected chi connectivity index (χ3v) is 8.68. The Balaban J connectivity index is 1.57. The Labute approximate surface area is 209 Å². The Hall–Kier alpha value is -2.44. The number of thioether (sulfide) groups is 1. The van der Waals surface area contributed by atoms with E-state index in [0.29, 0.717) is 16.6 Å². The summed E-state index contributed by atoms with van der Waals surface area (Å²) in [5, 5.41) is 2.93. The summed E-state index contributed by atoms with van der Waals surface area (Å²) in [5.41, 5.74) is 6.08. The van der Waals surface area contributed by atoms with Crippen molar-refractivity contribution in [1.82, 2.24) is 15.4 Å². The van der Waals surface area contributed by atoms with Gasteiger partial charge in [0.1, 0.15) is 10.6 Å². The van der Waals surface area contributed by atoms with Crippen molar-refractivity contribution >= 4 is 46.1 Å². The van der Waals surface area contributed by atoms with Crippen LogP contribution >= 0.6 is 23.4 Å². The van der Waals surface area contributed by atoms with Crippen LogP contribution in [0.25, 0.3) is 22.0 Å². The Kier molecular flexibility index (Phi) is 5.72. The lowest BCUT2D eigenvalue weighted by Crippen LogP contribution is -2.58. The molecule has 1 aromatic heterocycles. The molecule has 7 heteroatoms. The zero-order valence-corrected chi connectivity index (χ0v) is 21.5. The molecule has 0 radical (unpaired) electrons. The minimum absolute atomic E-state index is 0.0383. The van der Waals surface area contributed by atoms with Crippen molar-refractivity contribution in [2.75, 3.05) is 0 Å². The number of rotatable bonds is 3. The van der Waals surface area contributed by atoms with Crippen molar-refractivity contribution in [2.45, 2.75) is 57.1 Å². The number of aromatic nitrogens is 1. The fraction of sp³-hybridized carbons (Fsp3) is 0.407. The minimum Gasteiger partial charge on any atom is -0.350 e. The lowest BCUT2D eigenvalue weighted by atomic mass is 9.70. The molecule has 3 atom stereocenters. The summed E-state index contributed by atoms with van der Waals surface area (Å²) >= 11 is 8.00. The maximum absolute atomic E-state index is 13.8. The van der Waals surface area contributed by atoms with Gasteiger partial charge in [-0.2, -0.15) is 0 Å². The Morgan fingerprint density at radius 3 is 2.59 bits per heavy atom. The predicted molar refractivity (Wildman–Crippen MR) is 140 cm³/mol. The van der Waals surface area contributed by atoms with E-state index in [9.17, 15) is 9.59 Å². The molecule has 2 heterocycles. The fourth-order valence-corrected chi connectivity index (χ4v) is 8.21. The molecule has 178 valence electrons. The van der Waals surface area contributed by atoms with Crippen molar-refractivity contribution in [2.24, 2.45) is 11.3 Å². The average Bonchev–Trinajstić information content (AvgIpc) is 3.23. The molecule has 3 unspecified atom stereocenters. The number of hydrogen-bond donors (Lipinski definition) is 2. The van der Waals surface area contributed by atoms with Gasteiger partial charge in [0.2, 0.25) is 0 Å². The first-order chi connectivity index (χ1) is 16.1. The van der Waals surface area contributed by atoms with Gasteiger partial charge >= 0.3 is 0 Å². The van der Waals surface area contributed by atoms with Gasteiger partial charge in [-0.15, -0.1) is 11.8 Å². The highest BCUT2D eigenvalue weighted by atomic mass is 35.5. The van der Waals surface area contributed by atoms with Gasteiger partial charge in [-0.05, 0) is 61.3 Å². The Morgan fingerprint density at radius 1 is 1.15 bits per heavy atom. The van der Waals surface area contributed by atoms with Gasteiger partial charge in [-0.25, -0.2) is 5.01 Å². The number of amides is 2. The first kappa shape index (κ1) is 23.3. The lowest BCUT2D eigenvalue weighted by molar-refractivity contribution is -0.137. The zero-order chi connectivity index (χ0) is 24.3. The van der Waals surface area contributed by atoms with E-state index in [-0.39, 0.29) is 22.5 Å². The fourth-order valence-electron chi connectivity index (χ4n) is 6.08. The van der Waals surface area contributed by atoms with Crippen LogP contribution in [0.5, 0.6) is 0 Å². The Bertz CT molecular complexity index is 1270. The molecule has 2 N–H and O–H groups in total. The van der Waals surface area contributed by atoms with Gasteiger partial charge in [0.15, 0.2) is 0 Å². The number of nitrogens with zero attached hydrogens (tertiary/aromatic N) is 1. The number of benzene rings is 2. The van der Waals surface area contributed by atoms with E-state index >= 15 is 0 Å². The standard InChI is InChI=1S/C27H30ClN3O2S/c1-16-13-26(3,4)15-27(14-16)31(25(33)17(2)34-27)30-24(32)23-22(18-8-6-5-7-9-18)20-12-19(28)10-11-21(20)29-23/h5-12,16-17,29H,13-15H2,1-4H3,(H,30,32). The number of carbonyl (C=O) groups is 2. The summed E-state index contributed by atoms with van der Waals surface area (Å²) in [4.78, 5) is 29.9. The van der Waals surface area contributed by atoms with Gasteiger partial charge < -0.3 is 4.98 Å². The zero-order valence-electron chi connectivity index (χ0n) is 19.9. The molecule has 34 heavy (non-hydrogen) atoms. The SMILES string of the molecule is CC1CC(C)(C)CC2(C1)SC(C)C(=O)N2NC(=O)c1[nH]c2ccc(Cl)cc2c1-c1ccccc1. The molecule has 2 amide bonds. The number of nitrogens with one attached hydrogen (secondary N) is 2. The molecule has 1 aliphatic heterocycles. The van der Waals surface area contributed by atoms with E-state index in [1.165, 1.54) is 0 Å². The van der Waals surface area contributed by atoms with E-state index in [0.717, 1.165) is 41.3 Å². The maximum Gasteiger partial charge on any atom is 0.286 e. The number of hydrogen-bond acceptors (Lipinski definition) is 3. The first-order valence-corrected chi connectivity index (χ1v) is 13.0. The van der Waals surface area contributed by atoms with Crippen LogP contribution in [0.3, 0.4) is 0 Å². The van der Waals surface area contributed by atoms with Crippen molar-refractivity contribution in [3.8, 4) is 11.1 Å². The van der Waals surface area contributed by atoms with Crippen LogP contribution in [0.1, 0.15) is 57.4 Å². The third-order valence-electron chi connectivity index (χ3n) is 6.96. The highest BCUT2D eigenvalue weighted by Gasteiger charge is 2.56. The summed E-state index contributed by atoms with van der Waals surface area (Å²) in [7, 11) is 0.